The normalized spacial score (nSPS) is 10.5. The predicted octanol–water partition coefficient (Wildman–Crippen LogP) is 5.03. The first-order valence-corrected chi connectivity index (χ1v) is 9.94. The van der Waals surface area contributed by atoms with E-state index in [0.717, 1.165) is 23.3 Å². The van der Waals surface area contributed by atoms with Crippen molar-refractivity contribution in [1.29, 1.82) is 0 Å². The summed E-state index contributed by atoms with van der Waals surface area (Å²) in [5.74, 6) is 1.53. The number of allylic oxidation sites excluding steroid dienone is 1. The summed E-state index contributed by atoms with van der Waals surface area (Å²) in [5.41, 5.74) is 5.03. The van der Waals surface area contributed by atoms with Crippen molar-refractivity contribution in [2.45, 2.75) is 6.42 Å². The lowest BCUT2D eigenvalue weighted by molar-refractivity contribution is 0.216. The van der Waals surface area contributed by atoms with Gasteiger partial charge in [-0.05, 0) is 47.9 Å². The highest BCUT2D eigenvalue weighted by Gasteiger charge is 2.02. The fourth-order valence-corrected chi connectivity index (χ4v) is 2.81. The zero-order valence-corrected chi connectivity index (χ0v) is 17.2. The molecule has 0 fully saturated rings. The van der Waals surface area contributed by atoms with Crippen molar-refractivity contribution in [3.8, 4) is 11.5 Å². The van der Waals surface area contributed by atoms with E-state index in [1.165, 1.54) is 0 Å². The highest BCUT2D eigenvalue weighted by atomic mass is 16.5. The van der Waals surface area contributed by atoms with Crippen LogP contribution in [-0.4, -0.2) is 25.5 Å². The highest BCUT2D eigenvalue weighted by molar-refractivity contribution is 5.90. The number of hydrogen-bond donors (Lipinski definition) is 2. The second kappa shape index (κ2) is 11.8. The largest absolute Gasteiger partial charge is 0.490 e. The molecular formula is C25H25N3O3. The molecule has 0 saturated heterocycles. The Hall–Kier alpha value is -4.06. The number of carbonyl (C=O) groups is 1. The van der Waals surface area contributed by atoms with E-state index >= 15 is 0 Å². The molecule has 0 aliphatic heterocycles. The molecule has 0 aliphatic rings. The summed E-state index contributed by atoms with van der Waals surface area (Å²) in [6.07, 6.45) is 4.17. The first kappa shape index (κ1) is 21.6. The van der Waals surface area contributed by atoms with Gasteiger partial charge >= 0.3 is 6.03 Å². The Balaban J connectivity index is 1.44. The van der Waals surface area contributed by atoms with Crippen LogP contribution in [0.3, 0.4) is 0 Å². The molecular weight excluding hydrogens is 390 g/mol. The number of para-hydroxylation sites is 2. The van der Waals surface area contributed by atoms with Gasteiger partial charge < -0.3 is 14.8 Å². The van der Waals surface area contributed by atoms with Crippen molar-refractivity contribution >= 4 is 17.9 Å². The number of carbonyl (C=O) groups excluding carboxylic acids is 1. The maximum absolute atomic E-state index is 11.8. The molecule has 158 valence electrons. The van der Waals surface area contributed by atoms with E-state index in [4.69, 9.17) is 9.47 Å². The number of hydrazone groups is 1. The lowest BCUT2D eigenvalue weighted by Gasteiger charge is -2.11. The lowest BCUT2D eigenvalue weighted by Crippen LogP contribution is -2.24. The van der Waals surface area contributed by atoms with Gasteiger partial charge in [0.05, 0.1) is 6.21 Å². The molecule has 2 N–H and O–H groups in total. The first-order valence-electron chi connectivity index (χ1n) is 9.94. The van der Waals surface area contributed by atoms with Crippen molar-refractivity contribution in [2.24, 2.45) is 5.10 Å². The molecule has 0 aliphatic carbocycles. The molecule has 0 heterocycles. The molecule has 0 saturated carbocycles. The van der Waals surface area contributed by atoms with Gasteiger partial charge in [-0.1, -0.05) is 54.6 Å². The number of nitrogens with zero attached hydrogens (tertiary/aromatic N) is 1. The van der Waals surface area contributed by atoms with Gasteiger partial charge in [0.15, 0.2) is 0 Å². The molecule has 6 nitrogen and oxygen atoms in total. The van der Waals surface area contributed by atoms with E-state index in [2.05, 4.69) is 22.4 Å². The first-order chi connectivity index (χ1) is 15.2. The number of benzene rings is 3. The Kier molecular flexibility index (Phi) is 8.26. The van der Waals surface area contributed by atoms with Gasteiger partial charge in [0, 0.05) is 5.69 Å². The maximum atomic E-state index is 11.8. The van der Waals surface area contributed by atoms with E-state index in [1.807, 2.05) is 72.8 Å². The maximum Gasteiger partial charge on any atom is 0.339 e. The minimum atomic E-state index is -0.413. The third kappa shape index (κ3) is 7.36. The smallest absolute Gasteiger partial charge is 0.339 e. The van der Waals surface area contributed by atoms with E-state index in [9.17, 15) is 4.79 Å². The van der Waals surface area contributed by atoms with E-state index in [0.29, 0.717) is 24.7 Å². The molecule has 0 spiro atoms. The zero-order valence-electron chi connectivity index (χ0n) is 17.2. The van der Waals surface area contributed by atoms with Crippen LogP contribution in [0.5, 0.6) is 11.5 Å². The van der Waals surface area contributed by atoms with Crippen molar-refractivity contribution in [2.75, 3.05) is 18.5 Å². The lowest BCUT2D eigenvalue weighted by atomic mass is 10.1. The summed E-state index contributed by atoms with van der Waals surface area (Å²) in [5, 5.41) is 6.66. The SMILES string of the molecule is C=CCc1ccccc1OCCOc1cccc(/C=N\NC(=O)Nc2ccccc2)c1. The van der Waals surface area contributed by atoms with Crippen LogP contribution in [0.1, 0.15) is 11.1 Å². The molecule has 6 heteroatoms. The Morgan fingerprint density at radius 2 is 1.71 bits per heavy atom. The average molecular weight is 415 g/mol. The number of hydrogen-bond acceptors (Lipinski definition) is 4. The molecule has 3 rings (SSSR count). The molecule has 3 aromatic rings. The summed E-state index contributed by atoms with van der Waals surface area (Å²) in [7, 11) is 0. The van der Waals surface area contributed by atoms with Crippen LogP contribution in [0.15, 0.2) is 96.6 Å². The number of nitrogens with one attached hydrogen (secondary N) is 2. The van der Waals surface area contributed by atoms with Gasteiger partial charge in [-0.25, -0.2) is 10.2 Å². The second-order valence-electron chi connectivity index (χ2n) is 6.56. The monoisotopic (exact) mass is 415 g/mol. The van der Waals surface area contributed by atoms with Crippen molar-refractivity contribution < 1.29 is 14.3 Å². The van der Waals surface area contributed by atoms with Gasteiger partial charge in [-0.3, -0.25) is 0 Å². The van der Waals surface area contributed by atoms with E-state index in [1.54, 1.807) is 18.3 Å². The van der Waals surface area contributed by atoms with Crippen molar-refractivity contribution in [1.82, 2.24) is 5.43 Å². The zero-order chi connectivity index (χ0) is 21.7. The Morgan fingerprint density at radius 1 is 0.935 bits per heavy atom. The molecule has 0 atom stereocenters. The van der Waals surface area contributed by atoms with Crippen LogP contribution in [-0.2, 0) is 6.42 Å². The quantitative estimate of drug-likeness (QED) is 0.211. The Labute approximate surface area is 182 Å². The fraction of sp³-hybridized carbons (Fsp3) is 0.120. The number of anilines is 1. The third-order valence-electron chi connectivity index (χ3n) is 4.22. The number of ether oxygens (including phenoxy) is 2. The molecule has 31 heavy (non-hydrogen) atoms. The summed E-state index contributed by atoms with van der Waals surface area (Å²) < 4.78 is 11.6. The van der Waals surface area contributed by atoms with E-state index < -0.39 is 6.03 Å². The average Bonchev–Trinajstić information content (AvgIpc) is 2.79. The molecule has 0 radical (unpaired) electrons. The second-order valence-corrected chi connectivity index (χ2v) is 6.56. The molecule has 0 bridgehead atoms. The van der Waals surface area contributed by atoms with E-state index in [-0.39, 0.29) is 0 Å². The van der Waals surface area contributed by atoms with Crippen molar-refractivity contribution in [3.63, 3.8) is 0 Å². The van der Waals surface area contributed by atoms with Crippen LogP contribution in [0, 0.1) is 0 Å². The van der Waals surface area contributed by atoms with Crippen LogP contribution in [0.4, 0.5) is 10.5 Å². The van der Waals surface area contributed by atoms with Gasteiger partial charge in [-0.15, -0.1) is 6.58 Å². The van der Waals surface area contributed by atoms with Gasteiger partial charge in [0.25, 0.3) is 0 Å². The molecule has 0 unspecified atom stereocenters. The van der Waals surface area contributed by atoms with Crippen LogP contribution < -0.4 is 20.2 Å². The molecule has 0 aromatic heterocycles. The Bertz CT molecular complexity index is 1020. The van der Waals surface area contributed by atoms with Crippen LogP contribution in [0.25, 0.3) is 0 Å². The van der Waals surface area contributed by atoms with Gasteiger partial charge in [0.2, 0.25) is 0 Å². The minimum absolute atomic E-state index is 0.404. The van der Waals surface area contributed by atoms with Crippen LogP contribution in [0.2, 0.25) is 0 Å². The number of rotatable bonds is 10. The standard InChI is InChI=1S/C25H25N3O3/c1-2-9-21-11-6-7-15-24(21)31-17-16-30-23-14-8-10-20(18-23)19-26-28-25(29)27-22-12-4-3-5-13-22/h2-8,10-15,18-19H,1,9,16-17H2,(H2,27,28,29)/b26-19-. The van der Waals surface area contributed by atoms with Gasteiger partial charge in [0.1, 0.15) is 24.7 Å². The summed E-state index contributed by atoms with van der Waals surface area (Å²) in [6, 6.07) is 24.1. The molecule has 3 aromatic carbocycles. The molecule has 2 amide bonds. The number of amides is 2. The third-order valence-corrected chi connectivity index (χ3v) is 4.22. The summed E-state index contributed by atoms with van der Waals surface area (Å²) >= 11 is 0. The summed E-state index contributed by atoms with van der Waals surface area (Å²) in [6.45, 7) is 4.60. The van der Waals surface area contributed by atoms with Gasteiger partial charge in [-0.2, -0.15) is 5.10 Å². The predicted molar refractivity (Wildman–Crippen MR) is 124 cm³/mol. The Morgan fingerprint density at radius 3 is 2.55 bits per heavy atom. The topological polar surface area (TPSA) is 72.0 Å². The number of urea groups is 1. The van der Waals surface area contributed by atoms with Crippen molar-refractivity contribution in [3.05, 3.63) is 103 Å². The van der Waals surface area contributed by atoms with Crippen LogP contribution >= 0.6 is 0 Å². The highest BCUT2D eigenvalue weighted by Crippen LogP contribution is 2.19. The fourth-order valence-electron chi connectivity index (χ4n) is 2.81. The minimum Gasteiger partial charge on any atom is -0.490 e. The summed E-state index contributed by atoms with van der Waals surface area (Å²) in [4.78, 5) is 11.8.